The first-order valence-corrected chi connectivity index (χ1v) is 5.19. The average Bonchev–Trinajstić information content (AvgIpc) is 2.14. The molecule has 17 heavy (non-hydrogen) atoms. The molecular weight excluding hydrogens is 218 g/mol. The fourth-order valence-corrected chi connectivity index (χ4v) is 1.14. The summed E-state index contributed by atoms with van der Waals surface area (Å²) in [6.07, 6.45) is -0.618. The van der Waals surface area contributed by atoms with Crippen LogP contribution in [-0.4, -0.2) is 16.7 Å². The lowest BCUT2D eigenvalue weighted by molar-refractivity contribution is 0.0635. The van der Waals surface area contributed by atoms with E-state index in [4.69, 9.17) is 10.00 Å². The Hall–Kier alpha value is -2.09. The van der Waals surface area contributed by atoms with Crippen molar-refractivity contribution < 1.29 is 9.53 Å². The third kappa shape index (κ3) is 4.11. The predicted octanol–water partition coefficient (Wildman–Crippen LogP) is 2.61. The van der Waals surface area contributed by atoms with Gasteiger partial charge in [-0.15, -0.1) is 0 Å². The molecule has 0 atom stereocenters. The highest BCUT2D eigenvalue weighted by Crippen LogP contribution is 2.14. The predicted molar refractivity (Wildman–Crippen MR) is 63.5 cm³/mol. The van der Waals surface area contributed by atoms with Gasteiger partial charge in [-0.2, -0.15) is 5.26 Å². The first-order valence-electron chi connectivity index (χ1n) is 5.19. The molecule has 0 aliphatic rings. The zero-order chi connectivity index (χ0) is 13.1. The summed E-state index contributed by atoms with van der Waals surface area (Å²) in [4.78, 5) is 15.6. The van der Waals surface area contributed by atoms with Gasteiger partial charge in [-0.3, -0.25) is 5.32 Å². The Labute approximate surface area is 100 Å². The van der Waals surface area contributed by atoms with E-state index < -0.39 is 11.7 Å². The van der Waals surface area contributed by atoms with Gasteiger partial charge >= 0.3 is 6.09 Å². The lowest BCUT2D eigenvalue weighted by atomic mass is 10.2. The number of anilines is 1. The number of rotatable bonds is 1. The fourth-order valence-electron chi connectivity index (χ4n) is 1.14. The van der Waals surface area contributed by atoms with Gasteiger partial charge in [0.25, 0.3) is 0 Å². The lowest BCUT2D eigenvalue weighted by Crippen LogP contribution is -2.27. The van der Waals surface area contributed by atoms with Gasteiger partial charge in [-0.1, -0.05) is 0 Å². The van der Waals surface area contributed by atoms with E-state index in [1.54, 1.807) is 39.8 Å². The summed E-state index contributed by atoms with van der Waals surface area (Å²) in [7, 11) is 0. The van der Waals surface area contributed by atoms with Gasteiger partial charge < -0.3 is 4.74 Å². The summed E-state index contributed by atoms with van der Waals surface area (Å²) in [5.41, 5.74) is 0.442. The third-order valence-electron chi connectivity index (χ3n) is 1.77. The number of nitrogens with zero attached hydrogens (tertiary/aromatic N) is 2. The number of pyridine rings is 1. The van der Waals surface area contributed by atoms with Crippen molar-refractivity contribution in [2.24, 2.45) is 0 Å². The van der Waals surface area contributed by atoms with E-state index in [1.807, 2.05) is 6.07 Å². The van der Waals surface area contributed by atoms with Gasteiger partial charge in [0, 0.05) is 5.69 Å². The molecule has 0 aromatic carbocycles. The largest absolute Gasteiger partial charge is 0.444 e. The zero-order valence-corrected chi connectivity index (χ0v) is 10.4. The van der Waals surface area contributed by atoms with Gasteiger partial charge in [-0.25, -0.2) is 9.78 Å². The molecule has 1 aromatic rings. The van der Waals surface area contributed by atoms with Gasteiger partial charge in [0.05, 0.1) is 5.56 Å². The SMILES string of the molecule is Cc1ccc(C#N)c(NC(=O)OC(C)(C)C)n1. The van der Waals surface area contributed by atoms with E-state index in [-0.39, 0.29) is 5.82 Å². The summed E-state index contributed by atoms with van der Waals surface area (Å²) in [5, 5.41) is 11.3. The molecule has 1 heterocycles. The number of nitrogens with one attached hydrogen (secondary N) is 1. The molecule has 5 heteroatoms. The van der Waals surface area contributed by atoms with Crippen molar-refractivity contribution in [1.82, 2.24) is 4.98 Å². The van der Waals surface area contributed by atoms with Crippen LogP contribution in [-0.2, 0) is 4.74 Å². The van der Waals surface area contributed by atoms with E-state index in [2.05, 4.69) is 10.3 Å². The summed E-state index contributed by atoms with van der Waals surface area (Å²) in [6.45, 7) is 7.08. The molecule has 90 valence electrons. The standard InChI is InChI=1S/C12H15N3O2/c1-8-5-6-9(7-13)10(14-8)15-11(16)17-12(2,3)4/h5-6H,1-4H3,(H,14,15,16). The maximum absolute atomic E-state index is 11.5. The molecule has 0 fully saturated rings. The second kappa shape index (κ2) is 4.83. The summed E-state index contributed by atoms with van der Waals surface area (Å²) >= 11 is 0. The average molecular weight is 233 g/mol. The molecule has 1 amide bonds. The number of hydrogen-bond acceptors (Lipinski definition) is 4. The number of aryl methyl sites for hydroxylation is 1. The van der Waals surface area contributed by atoms with Crippen molar-refractivity contribution in [3.63, 3.8) is 0 Å². The van der Waals surface area contributed by atoms with E-state index in [0.717, 1.165) is 5.69 Å². The molecule has 0 saturated heterocycles. The molecule has 0 unspecified atom stereocenters. The number of ether oxygens (including phenoxy) is 1. The van der Waals surface area contributed by atoms with Crippen LogP contribution in [0, 0.1) is 18.3 Å². The zero-order valence-electron chi connectivity index (χ0n) is 10.4. The smallest absolute Gasteiger partial charge is 0.413 e. The highest BCUT2D eigenvalue weighted by Gasteiger charge is 2.17. The molecule has 5 nitrogen and oxygen atoms in total. The van der Waals surface area contributed by atoms with E-state index in [0.29, 0.717) is 5.56 Å². The van der Waals surface area contributed by atoms with Crippen LogP contribution in [0.5, 0.6) is 0 Å². The molecule has 1 aromatic heterocycles. The molecule has 0 aliphatic heterocycles. The van der Waals surface area contributed by atoms with E-state index >= 15 is 0 Å². The number of amides is 1. The first kappa shape index (κ1) is 13.0. The second-order valence-corrected chi connectivity index (χ2v) is 4.59. The van der Waals surface area contributed by atoms with Crippen molar-refractivity contribution in [1.29, 1.82) is 5.26 Å². The maximum Gasteiger partial charge on any atom is 0.413 e. The van der Waals surface area contributed by atoms with Gasteiger partial charge in [0.15, 0.2) is 5.82 Å². The van der Waals surface area contributed by atoms with Gasteiger partial charge in [-0.05, 0) is 39.8 Å². The van der Waals surface area contributed by atoms with E-state index in [1.165, 1.54) is 0 Å². The van der Waals surface area contributed by atoms with Crippen LogP contribution in [0.3, 0.4) is 0 Å². The van der Waals surface area contributed by atoms with Crippen molar-refractivity contribution in [3.05, 3.63) is 23.4 Å². The van der Waals surface area contributed by atoms with Crippen molar-refractivity contribution in [2.45, 2.75) is 33.3 Å². The number of hydrogen-bond donors (Lipinski definition) is 1. The minimum atomic E-state index is -0.618. The molecule has 0 radical (unpaired) electrons. The molecule has 1 N–H and O–H groups in total. The lowest BCUT2D eigenvalue weighted by Gasteiger charge is -2.19. The van der Waals surface area contributed by atoms with Crippen LogP contribution in [0.4, 0.5) is 10.6 Å². The Morgan fingerprint density at radius 2 is 2.12 bits per heavy atom. The van der Waals surface area contributed by atoms with Crippen molar-refractivity contribution in [3.8, 4) is 6.07 Å². The van der Waals surface area contributed by atoms with Gasteiger partial charge in [0.1, 0.15) is 11.7 Å². The highest BCUT2D eigenvalue weighted by atomic mass is 16.6. The minimum Gasteiger partial charge on any atom is -0.444 e. The number of aromatic nitrogens is 1. The van der Waals surface area contributed by atoms with Crippen LogP contribution in [0.1, 0.15) is 32.0 Å². The Bertz CT molecular complexity index is 470. The quantitative estimate of drug-likeness (QED) is 0.809. The fraction of sp³-hybridized carbons (Fsp3) is 0.417. The minimum absolute atomic E-state index is 0.224. The van der Waals surface area contributed by atoms with Crippen molar-refractivity contribution >= 4 is 11.9 Å². The van der Waals surface area contributed by atoms with Crippen molar-refractivity contribution in [2.75, 3.05) is 5.32 Å². The van der Waals surface area contributed by atoms with Gasteiger partial charge in [0.2, 0.25) is 0 Å². The number of carbonyl (C=O) groups is 1. The Morgan fingerprint density at radius 1 is 1.47 bits per heavy atom. The number of nitriles is 1. The molecular formula is C12H15N3O2. The molecule has 0 saturated carbocycles. The van der Waals surface area contributed by atoms with Crippen LogP contribution in [0.25, 0.3) is 0 Å². The molecule has 0 bridgehead atoms. The molecule has 0 spiro atoms. The summed E-state index contributed by atoms with van der Waals surface area (Å²) < 4.78 is 5.08. The van der Waals surface area contributed by atoms with Crippen LogP contribution < -0.4 is 5.32 Å². The number of carbonyl (C=O) groups excluding carboxylic acids is 1. The van der Waals surface area contributed by atoms with Crippen LogP contribution in [0.2, 0.25) is 0 Å². The van der Waals surface area contributed by atoms with Crippen LogP contribution >= 0.6 is 0 Å². The normalized spacial score (nSPS) is 10.5. The second-order valence-electron chi connectivity index (χ2n) is 4.59. The molecule has 0 aliphatic carbocycles. The first-order chi connectivity index (χ1) is 7.81. The maximum atomic E-state index is 11.5. The monoisotopic (exact) mass is 233 g/mol. The summed E-state index contributed by atoms with van der Waals surface area (Å²) in [5.74, 6) is 0.224. The summed E-state index contributed by atoms with van der Waals surface area (Å²) in [6, 6.07) is 5.27. The van der Waals surface area contributed by atoms with Crippen LogP contribution in [0.15, 0.2) is 12.1 Å². The van der Waals surface area contributed by atoms with E-state index in [9.17, 15) is 4.79 Å². The Morgan fingerprint density at radius 3 is 2.65 bits per heavy atom. The Kier molecular flexibility index (Phi) is 3.69. The topological polar surface area (TPSA) is 75.0 Å². The highest BCUT2D eigenvalue weighted by molar-refractivity contribution is 5.85. The Balaban J connectivity index is 2.85. The third-order valence-corrected chi connectivity index (χ3v) is 1.77. The molecule has 1 rings (SSSR count).